The van der Waals surface area contributed by atoms with E-state index in [-0.39, 0.29) is 5.82 Å². The van der Waals surface area contributed by atoms with Crippen LogP contribution in [-0.2, 0) is 6.42 Å². The van der Waals surface area contributed by atoms with Crippen LogP contribution in [0.3, 0.4) is 0 Å². The Hall–Kier alpha value is -2.63. The van der Waals surface area contributed by atoms with Gasteiger partial charge in [-0.1, -0.05) is 19.1 Å². The highest BCUT2D eigenvalue weighted by Gasteiger charge is 2.22. The lowest BCUT2D eigenvalue weighted by Gasteiger charge is -2.34. The first-order valence-electron chi connectivity index (χ1n) is 8.84. The van der Waals surface area contributed by atoms with Crippen molar-refractivity contribution in [3.63, 3.8) is 0 Å². The Morgan fingerprint density at radius 3 is 2.76 bits per heavy atom. The smallest absolute Gasteiger partial charge is 0.157 e. The second kappa shape index (κ2) is 6.70. The van der Waals surface area contributed by atoms with Crippen LogP contribution < -0.4 is 10.2 Å². The van der Waals surface area contributed by atoms with Crippen LogP contribution in [0.25, 0.3) is 5.65 Å². The van der Waals surface area contributed by atoms with Crippen LogP contribution in [-0.4, -0.2) is 33.7 Å². The van der Waals surface area contributed by atoms with Crippen molar-refractivity contribution in [3.05, 3.63) is 54.1 Å². The molecule has 2 aromatic heterocycles. The van der Waals surface area contributed by atoms with E-state index < -0.39 is 0 Å². The molecular weight excluding hydrogens is 317 g/mol. The second-order valence-corrected chi connectivity index (χ2v) is 6.44. The van der Waals surface area contributed by atoms with Gasteiger partial charge in [-0.15, -0.1) is 0 Å². The minimum Gasteiger partial charge on any atom is -0.369 e. The number of piperidine rings is 1. The number of aryl methyl sites for hydroxylation is 1. The molecule has 25 heavy (non-hydrogen) atoms. The van der Waals surface area contributed by atoms with Crippen LogP contribution in [0.4, 0.5) is 15.9 Å². The number of fused-ring (bicyclic) bond motifs is 1. The molecule has 1 fully saturated rings. The predicted molar refractivity (Wildman–Crippen MR) is 97.6 cm³/mol. The molecule has 0 spiro atoms. The van der Waals surface area contributed by atoms with Gasteiger partial charge < -0.3 is 10.2 Å². The van der Waals surface area contributed by atoms with Crippen LogP contribution >= 0.6 is 0 Å². The van der Waals surface area contributed by atoms with E-state index in [0.29, 0.717) is 11.7 Å². The molecule has 0 aliphatic carbocycles. The summed E-state index contributed by atoms with van der Waals surface area (Å²) >= 11 is 0. The van der Waals surface area contributed by atoms with E-state index in [1.165, 1.54) is 6.07 Å². The number of hydrogen-bond acceptors (Lipinski definition) is 4. The van der Waals surface area contributed by atoms with Gasteiger partial charge >= 0.3 is 0 Å². The first kappa shape index (κ1) is 15.9. The van der Waals surface area contributed by atoms with E-state index in [1.54, 1.807) is 12.3 Å². The summed E-state index contributed by atoms with van der Waals surface area (Å²) in [5, 5.41) is 7.98. The average molecular weight is 339 g/mol. The Morgan fingerprint density at radius 2 is 2.00 bits per heavy atom. The summed E-state index contributed by atoms with van der Waals surface area (Å²) in [5.41, 5.74) is 2.62. The summed E-state index contributed by atoms with van der Waals surface area (Å²) in [4.78, 5) is 6.71. The molecule has 0 radical (unpaired) electrons. The Morgan fingerprint density at radius 1 is 1.20 bits per heavy atom. The van der Waals surface area contributed by atoms with Gasteiger partial charge in [0.25, 0.3) is 0 Å². The fraction of sp³-hybridized carbons (Fsp3) is 0.368. The summed E-state index contributed by atoms with van der Waals surface area (Å²) in [6.45, 7) is 3.78. The highest BCUT2D eigenvalue weighted by Crippen LogP contribution is 2.24. The number of nitrogens with one attached hydrogen (secondary N) is 1. The van der Waals surface area contributed by atoms with Crippen molar-refractivity contribution in [2.75, 3.05) is 23.3 Å². The molecule has 0 atom stereocenters. The molecule has 130 valence electrons. The number of aromatic nitrogens is 3. The highest BCUT2D eigenvalue weighted by atomic mass is 19.1. The third-order valence-electron chi connectivity index (χ3n) is 4.81. The SMILES string of the molecule is CCc1cc(NC2CCN(c3ccccc3F)CC2)n2nccc2n1. The summed E-state index contributed by atoms with van der Waals surface area (Å²) in [7, 11) is 0. The summed E-state index contributed by atoms with van der Waals surface area (Å²) in [6.07, 6.45) is 4.58. The van der Waals surface area contributed by atoms with E-state index >= 15 is 0 Å². The Labute approximate surface area is 146 Å². The van der Waals surface area contributed by atoms with Gasteiger partial charge in [0.2, 0.25) is 0 Å². The topological polar surface area (TPSA) is 45.5 Å². The van der Waals surface area contributed by atoms with Crippen molar-refractivity contribution < 1.29 is 4.39 Å². The fourth-order valence-electron chi connectivity index (χ4n) is 3.43. The molecule has 0 amide bonds. The number of anilines is 2. The van der Waals surface area contributed by atoms with Crippen LogP contribution in [0.5, 0.6) is 0 Å². The number of hydrogen-bond donors (Lipinski definition) is 1. The number of para-hydroxylation sites is 1. The molecule has 3 aromatic rings. The molecule has 1 aliphatic rings. The quantitative estimate of drug-likeness (QED) is 0.790. The summed E-state index contributed by atoms with van der Waals surface area (Å²) < 4.78 is 15.8. The van der Waals surface area contributed by atoms with Gasteiger partial charge in [0, 0.05) is 37.0 Å². The van der Waals surface area contributed by atoms with E-state index in [4.69, 9.17) is 0 Å². The molecule has 1 saturated heterocycles. The molecule has 3 heterocycles. The van der Waals surface area contributed by atoms with Crippen LogP contribution in [0.1, 0.15) is 25.5 Å². The second-order valence-electron chi connectivity index (χ2n) is 6.44. The lowest BCUT2D eigenvalue weighted by atomic mass is 10.0. The molecule has 4 rings (SSSR count). The first-order chi connectivity index (χ1) is 12.2. The van der Waals surface area contributed by atoms with E-state index in [1.807, 2.05) is 22.7 Å². The number of nitrogens with zero attached hydrogens (tertiary/aromatic N) is 4. The van der Waals surface area contributed by atoms with Crippen molar-refractivity contribution in [3.8, 4) is 0 Å². The van der Waals surface area contributed by atoms with Gasteiger partial charge in [0.05, 0.1) is 11.9 Å². The molecule has 1 N–H and O–H groups in total. The van der Waals surface area contributed by atoms with Crippen molar-refractivity contribution >= 4 is 17.2 Å². The predicted octanol–water partition coefficient (Wildman–Crippen LogP) is 3.51. The van der Waals surface area contributed by atoms with E-state index in [9.17, 15) is 4.39 Å². The standard InChI is InChI=1S/C19H22FN5/c1-2-14-13-19(25-18(22-14)7-10-21-25)23-15-8-11-24(12-9-15)17-6-4-3-5-16(17)20/h3-7,10,13,15,23H,2,8-9,11-12H2,1H3. The maximum absolute atomic E-state index is 14.0. The monoisotopic (exact) mass is 339 g/mol. The van der Waals surface area contributed by atoms with E-state index in [0.717, 1.165) is 49.5 Å². The van der Waals surface area contributed by atoms with Gasteiger partial charge in [0.15, 0.2) is 5.65 Å². The van der Waals surface area contributed by atoms with Crippen molar-refractivity contribution in [1.82, 2.24) is 14.6 Å². The molecular formula is C19H22FN5. The van der Waals surface area contributed by atoms with Crippen LogP contribution in [0.2, 0.25) is 0 Å². The average Bonchev–Trinajstić information content (AvgIpc) is 3.12. The Balaban J connectivity index is 1.47. The molecule has 0 saturated carbocycles. The lowest BCUT2D eigenvalue weighted by molar-refractivity contribution is 0.514. The highest BCUT2D eigenvalue weighted by molar-refractivity contribution is 5.51. The van der Waals surface area contributed by atoms with Crippen molar-refractivity contribution in [2.45, 2.75) is 32.2 Å². The van der Waals surface area contributed by atoms with Crippen LogP contribution in [0.15, 0.2) is 42.6 Å². The van der Waals surface area contributed by atoms with Gasteiger partial charge in [-0.05, 0) is 31.4 Å². The fourth-order valence-corrected chi connectivity index (χ4v) is 3.43. The van der Waals surface area contributed by atoms with E-state index in [2.05, 4.69) is 33.3 Å². The molecule has 5 nitrogen and oxygen atoms in total. The van der Waals surface area contributed by atoms with Gasteiger partial charge in [-0.3, -0.25) is 0 Å². The summed E-state index contributed by atoms with van der Waals surface area (Å²) in [5.74, 6) is 0.838. The molecule has 6 heteroatoms. The maximum atomic E-state index is 14.0. The third-order valence-corrected chi connectivity index (χ3v) is 4.81. The third kappa shape index (κ3) is 3.16. The normalized spacial score (nSPS) is 15.7. The molecule has 0 bridgehead atoms. The van der Waals surface area contributed by atoms with Gasteiger partial charge in [0.1, 0.15) is 11.6 Å². The molecule has 1 aromatic carbocycles. The Kier molecular flexibility index (Phi) is 4.26. The minimum absolute atomic E-state index is 0.145. The van der Waals surface area contributed by atoms with Gasteiger partial charge in [-0.25, -0.2) is 9.37 Å². The largest absolute Gasteiger partial charge is 0.369 e. The number of rotatable bonds is 4. The zero-order valence-corrected chi connectivity index (χ0v) is 14.3. The lowest BCUT2D eigenvalue weighted by Crippen LogP contribution is -2.39. The van der Waals surface area contributed by atoms with Crippen molar-refractivity contribution in [1.29, 1.82) is 0 Å². The molecule has 0 unspecified atom stereocenters. The summed E-state index contributed by atoms with van der Waals surface area (Å²) in [6, 6.07) is 11.3. The first-order valence-corrected chi connectivity index (χ1v) is 8.84. The molecule has 1 aliphatic heterocycles. The maximum Gasteiger partial charge on any atom is 0.157 e. The van der Waals surface area contributed by atoms with Gasteiger partial charge in [-0.2, -0.15) is 9.61 Å². The zero-order valence-electron chi connectivity index (χ0n) is 14.3. The minimum atomic E-state index is -0.145. The zero-order chi connectivity index (χ0) is 17.2. The van der Waals surface area contributed by atoms with Crippen LogP contribution in [0, 0.1) is 5.82 Å². The van der Waals surface area contributed by atoms with Crippen molar-refractivity contribution in [2.24, 2.45) is 0 Å². The Bertz CT molecular complexity index is 867. The number of halogens is 1. The number of benzene rings is 1.